The highest BCUT2D eigenvalue weighted by Crippen LogP contribution is 2.22. The predicted molar refractivity (Wildman–Crippen MR) is 78.0 cm³/mol. The summed E-state index contributed by atoms with van der Waals surface area (Å²) in [6.45, 7) is 3.69. The van der Waals surface area contributed by atoms with E-state index in [1.165, 1.54) is 5.56 Å². The number of hydrogen-bond donors (Lipinski definition) is 3. The van der Waals surface area contributed by atoms with E-state index in [4.69, 9.17) is 11.5 Å². The van der Waals surface area contributed by atoms with Gasteiger partial charge in [0.15, 0.2) is 5.16 Å². The average molecular weight is 278 g/mol. The molecule has 0 aliphatic heterocycles. The lowest BCUT2D eigenvalue weighted by Crippen LogP contribution is -2.49. The van der Waals surface area contributed by atoms with Crippen LogP contribution in [0.4, 0.5) is 0 Å². The first-order chi connectivity index (χ1) is 8.88. The number of aryl methyl sites for hydroxylation is 1. The van der Waals surface area contributed by atoms with Gasteiger partial charge in [0, 0.05) is 5.75 Å². The molecule has 0 aliphatic rings. The number of rotatable bonds is 5. The molecule has 1 aromatic heterocycles. The number of nitrogens with two attached hydrogens (primary N) is 2. The van der Waals surface area contributed by atoms with Crippen molar-refractivity contribution in [2.75, 3.05) is 5.75 Å². The molecule has 1 atom stereocenters. The maximum atomic E-state index is 11.1. The molecule has 1 aromatic carbocycles. The van der Waals surface area contributed by atoms with Gasteiger partial charge in [0.25, 0.3) is 0 Å². The molecule has 5 nitrogen and oxygen atoms in total. The summed E-state index contributed by atoms with van der Waals surface area (Å²) in [6, 6.07) is 6.08. The number of aromatic nitrogens is 2. The molecule has 6 heteroatoms. The molecule has 0 saturated heterocycles. The molecule has 0 fully saturated rings. The number of benzene rings is 1. The van der Waals surface area contributed by atoms with Crippen molar-refractivity contribution < 1.29 is 4.79 Å². The Morgan fingerprint density at radius 1 is 1.53 bits per heavy atom. The van der Waals surface area contributed by atoms with Crippen molar-refractivity contribution in [3.05, 3.63) is 23.8 Å². The Labute approximate surface area is 116 Å². The van der Waals surface area contributed by atoms with Gasteiger partial charge < -0.3 is 16.5 Å². The number of nitrogens with one attached hydrogen (secondary N) is 1. The third-order valence-electron chi connectivity index (χ3n) is 3.04. The lowest BCUT2D eigenvalue weighted by molar-refractivity contribution is -0.122. The zero-order valence-corrected chi connectivity index (χ0v) is 11.9. The van der Waals surface area contributed by atoms with Gasteiger partial charge in [0.1, 0.15) is 0 Å². The third kappa shape index (κ3) is 3.27. The minimum atomic E-state index is -0.963. The van der Waals surface area contributed by atoms with Gasteiger partial charge in [-0.2, -0.15) is 0 Å². The van der Waals surface area contributed by atoms with E-state index in [2.05, 4.69) is 16.0 Å². The first kappa shape index (κ1) is 13.9. The quantitative estimate of drug-likeness (QED) is 0.723. The highest BCUT2D eigenvalue weighted by atomic mass is 32.2. The van der Waals surface area contributed by atoms with Gasteiger partial charge in [-0.15, -0.1) is 0 Å². The highest BCUT2D eigenvalue weighted by Gasteiger charge is 2.25. The van der Waals surface area contributed by atoms with Crippen LogP contribution in [-0.4, -0.2) is 27.2 Å². The second kappa shape index (κ2) is 5.22. The van der Waals surface area contributed by atoms with E-state index in [1.807, 2.05) is 19.1 Å². The SMILES string of the molecule is Cc1ccc2nc(SCCC(C)(N)C(N)=O)[nH]c2c1. The summed E-state index contributed by atoms with van der Waals surface area (Å²) in [5, 5.41) is 0.834. The number of primary amides is 1. The lowest BCUT2D eigenvalue weighted by atomic mass is 10.0. The number of H-pyrrole nitrogens is 1. The number of aromatic amines is 1. The minimum absolute atomic E-state index is 0.478. The zero-order chi connectivity index (χ0) is 14.0. The molecule has 2 rings (SSSR count). The monoisotopic (exact) mass is 278 g/mol. The number of amides is 1. The molecule has 1 unspecified atom stereocenters. The average Bonchev–Trinajstić information content (AvgIpc) is 2.70. The van der Waals surface area contributed by atoms with Crippen LogP contribution in [-0.2, 0) is 4.79 Å². The number of nitrogens with zero attached hydrogens (tertiary/aromatic N) is 1. The fourth-order valence-electron chi connectivity index (χ4n) is 1.65. The van der Waals surface area contributed by atoms with Crippen molar-refractivity contribution in [2.45, 2.75) is 31.0 Å². The number of fused-ring (bicyclic) bond motifs is 1. The van der Waals surface area contributed by atoms with Crippen LogP contribution in [0.1, 0.15) is 18.9 Å². The number of hydrogen-bond acceptors (Lipinski definition) is 4. The van der Waals surface area contributed by atoms with Crippen molar-refractivity contribution >= 4 is 28.7 Å². The molecule has 2 aromatic rings. The second-order valence-electron chi connectivity index (χ2n) is 4.94. The summed E-state index contributed by atoms with van der Waals surface area (Å²) in [4.78, 5) is 18.8. The number of carbonyl (C=O) groups excluding carboxylic acids is 1. The van der Waals surface area contributed by atoms with Crippen LogP contribution in [0.2, 0.25) is 0 Å². The van der Waals surface area contributed by atoms with E-state index in [-0.39, 0.29) is 0 Å². The van der Waals surface area contributed by atoms with Crippen LogP contribution in [0.25, 0.3) is 11.0 Å². The summed E-state index contributed by atoms with van der Waals surface area (Å²) < 4.78 is 0. The maximum absolute atomic E-state index is 11.1. The van der Waals surface area contributed by atoms with Crippen LogP contribution in [0.5, 0.6) is 0 Å². The van der Waals surface area contributed by atoms with Crippen molar-refractivity contribution in [2.24, 2.45) is 11.5 Å². The van der Waals surface area contributed by atoms with E-state index in [0.717, 1.165) is 16.2 Å². The van der Waals surface area contributed by atoms with Crippen LogP contribution < -0.4 is 11.5 Å². The van der Waals surface area contributed by atoms with Gasteiger partial charge >= 0.3 is 0 Å². The van der Waals surface area contributed by atoms with E-state index >= 15 is 0 Å². The van der Waals surface area contributed by atoms with E-state index in [1.54, 1.807) is 18.7 Å². The van der Waals surface area contributed by atoms with Crippen LogP contribution in [0.15, 0.2) is 23.4 Å². The van der Waals surface area contributed by atoms with Crippen LogP contribution in [0.3, 0.4) is 0 Å². The van der Waals surface area contributed by atoms with Gasteiger partial charge in [0.05, 0.1) is 16.6 Å². The van der Waals surface area contributed by atoms with Crippen LogP contribution >= 0.6 is 11.8 Å². The van der Waals surface area contributed by atoms with E-state index in [9.17, 15) is 4.79 Å². The van der Waals surface area contributed by atoms with Crippen molar-refractivity contribution in [1.29, 1.82) is 0 Å². The molecule has 1 heterocycles. The molecule has 0 radical (unpaired) electrons. The Balaban J connectivity index is 2.00. The molecule has 102 valence electrons. The Morgan fingerprint density at radius 2 is 2.26 bits per heavy atom. The summed E-state index contributed by atoms with van der Waals surface area (Å²) in [5.74, 6) is 0.211. The largest absolute Gasteiger partial charge is 0.368 e. The van der Waals surface area contributed by atoms with Crippen molar-refractivity contribution in [3.63, 3.8) is 0 Å². The fraction of sp³-hybridized carbons (Fsp3) is 0.385. The third-order valence-corrected chi connectivity index (χ3v) is 3.91. The fourth-order valence-corrected chi connectivity index (χ4v) is 2.72. The number of thioether (sulfide) groups is 1. The number of carbonyl (C=O) groups is 1. The second-order valence-corrected chi connectivity index (χ2v) is 6.03. The first-order valence-corrected chi connectivity index (χ1v) is 7.05. The van der Waals surface area contributed by atoms with Gasteiger partial charge in [-0.25, -0.2) is 4.98 Å². The Morgan fingerprint density at radius 3 is 2.95 bits per heavy atom. The summed E-state index contributed by atoms with van der Waals surface area (Å²) in [7, 11) is 0. The van der Waals surface area contributed by atoms with Crippen LogP contribution in [0, 0.1) is 6.92 Å². The minimum Gasteiger partial charge on any atom is -0.368 e. The Bertz CT molecular complexity index is 606. The summed E-state index contributed by atoms with van der Waals surface area (Å²) in [5.41, 5.74) is 13.2. The normalized spacial score (nSPS) is 14.5. The lowest BCUT2D eigenvalue weighted by Gasteiger charge is -2.19. The smallest absolute Gasteiger partial charge is 0.237 e. The Kier molecular flexibility index (Phi) is 3.82. The maximum Gasteiger partial charge on any atom is 0.237 e. The zero-order valence-electron chi connectivity index (χ0n) is 11.1. The van der Waals surface area contributed by atoms with Gasteiger partial charge in [-0.05, 0) is 38.0 Å². The van der Waals surface area contributed by atoms with Crippen molar-refractivity contribution in [3.8, 4) is 0 Å². The van der Waals surface area contributed by atoms with Gasteiger partial charge in [0.2, 0.25) is 5.91 Å². The topological polar surface area (TPSA) is 97.8 Å². The van der Waals surface area contributed by atoms with E-state index in [0.29, 0.717) is 12.2 Å². The van der Waals surface area contributed by atoms with Crippen molar-refractivity contribution in [1.82, 2.24) is 9.97 Å². The van der Waals surface area contributed by atoms with Gasteiger partial charge in [-0.3, -0.25) is 4.79 Å². The molecule has 0 spiro atoms. The molecule has 0 aliphatic carbocycles. The molecule has 1 amide bonds. The van der Waals surface area contributed by atoms with Gasteiger partial charge in [-0.1, -0.05) is 17.8 Å². The predicted octanol–water partition coefficient (Wildman–Crippen LogP) is 1.56. The van der Waals surface area contributed by atoms with E-state index < -0.39 is 11.4 Å². The standard InChI is InChI=1S/C13H18N4OS/c1-8-3-4-9-10(7-8)17-12(16-9)19-6-5-13(2,15)11(14)18/h3-4,7H,5-6,15H2,1-2H3,(H2,14,18)(H,16,17). The molecule has 5 N–H and O–H groups in total. The summed E-state index contributed by atoms with van der Waals surface area (Å²) in [6.07, 6.45) is 0.517. The molecule has 0 bridgehead atoms. The molecular weight excluding hydrogens is 260 g/mol. The summed E-state index contributed by atoms with van der Waals surface area (Å²) >= 11 is 1.54. The number of imidazole rings is 1. The molecule has 19 heavy (non-hydrogen) atoms. The Hall–Kier alpha value is -1.53. The highest BCUT2D eigenvalue weighted by molar-refractivity contribution is 7.99. The molecule has 0 saturated carbocycles. The first-order valence-electron chi connectivity index (χ1n) is 6.06. The molecular formula is C13H18N4OS.